The van der Waals surface area contributed by atoms with Crippen LogP contribution in [0.15, 0.2) is 30.5 Å². The van der Waals surface area contributed by atoms with E-state index in [9.17, 15) is 14.9 Å². The van der Waals surface area contributed by atoms with Gasteiger partial charge in [0.1, 0.15) is 6.20 Å². The van der Waals surface area contributed by atoms with Gasteiger partial charge >= 0.3 is 5.69 Å². The van der Waals surface area contributed by atoms with Gasteiger partial charge in [0, 0.05) is 37.3 Å². The minimum absolute atomic E-state index is 0.0837. The van der Waals surface area contributed by atoms with Gasteiger partial charge in [0.15, 0.2) is 0 Å². The van der Waals surface area contributed by atoms with Gasteiger partial charge in [0.2, 0.25) is 17.7 Å². The number of amides is 1. The minimum atomic E-state index is -0.473. The predicted octanol–water partition coefficient (Wildman–Crippen LogP) is 3.13. The van der Waals surface area contributed by atoms with Crippen LogP contribution in [0.5, 0.6) is 0 Å². The fourth-order valence-corrected chi connectivity index (χ4v) is 3.29. The summed E-state index contributed by atoms with van der Waals surface area (Å²) >= 11 is 5.89. The molecule has 2 aromatic rings. The number of hydrogen-bond acceptors (Lipinski definition) is 7. The molecule has 148 valence electrons. The maximum Gasteiger partial charge on any atom is 0.329 e. The third-order valence-electron chi connectivity index (χ3n) is 4.51. The van der Waals surface area contributed by atoms with Gasteiger partial charge < -0.3 is 15.5 Å². The quantitative estimate of drug-likeness (QED) is 0.561. The Morgan fingerprint density at radius 2 is 2.14 bits per heavy atom. The van der Waals surface area contributed by atoms with Crippen LogP contribution in [0.2, 0.25) is 5.02 Å². The van der Waals surface area contributed by atoms with Crippen LogP contribution in [0.4, 0.5) is 23.1 Å². The van der Waals surface area contributed by atoms with Crippen LogP contribution in [0, 0.1) is 16.0 Å². The standard InChI is InChI=1S/C18H21ClN6O3/c1-12(26)20-9-13-3-2-8-24(11-13)17-16(25(27)28)10-21-18(23-17)22-15-6-4-14(19)5-7-15/h4-7,10,13H,2-3,8-9,11H2,1H3,(H,20,26)(H,21,22,23). The molecule has 1 aliphatic rings. The number of nitro groups is 1. The topological polar surface area (TPSA) is 113 Å². The molecule has 0 spiro atoms. The lowest BCUT2D eigenvalue weighted by Gasteiger charge is -2.33. The van der Waals surface area contributed by atoms with Gasteiger partial charge in [-0.15, -0.1) is 0 Å². The molecule has 2 heterocycles. The number of halogens is 1. The van der Waals surface area contributed by atoms with Crippen LogP contribution in [0.1, 0.15) is 19.8 Å². The summed E-state index contributed by atoms with van der Waals surface area (Å²) in [6.07, 6.45) is 3.04. The van der Waals surface area contributed by atoms with Crippen molar-refractivity contribution in [1.82, 2.24) is 15.3 Å². The Balaban J connectivity index is 1.82. The largest absolute Gasteiger partial charge is 0.356 e. The summed E-state index contributed by atoms with van der Waals surface area (Å²) in [6, 6.07) is 7.01. The highest BCUT2D eigenvalue weighted by molar-refractivity contribution is 6.30. The van der Waals surface area contributed by atoms with E-state index in [4.69, 9.17) is 11.6 Å². The van der Waals surface area contributed by atoms with Crippen molar-refractivity contribution >= 4 is 40.6 Å². The Morgan fingerprint density at radius 3 is 2.82 bits per heavy atom. The van der Waals surface area contributed by atoms with Gasteiger partial charge in [-0.1, -0.05) is 11.6 Å². The molecule has 1 aliphatic heterocycles. The number of carbonyl (C=O) groups excluding carboxylic acids is 1. The number of hydrogen-bond donors (Lipinski definition) is 2. The number of rotatable bonds is 6. The molecule has 0 bridgehead atoms. The van der Waals surface area contributed by atoms with Crippen molar-refractivity contribution in [3.05, 3.63) is 45.6 Å². The third kappa shape index (κ3) is 5.07. The van der Waals surface area contributed by atoms with Crippen molar-refractivity contribution in [1.29, 1.82) is 0 Å². The summed E-state index contributed by atoms with van der Waals surface area (Å²) in [5.74, 6) is 0.676. The van der Waals surface area contributed by atoms with Gasteiger partial charge in [0.05, 0.1) is 4.92 Å². The van der Waals surface area contributed by atoms with E-state index in [0.29, 0.717) is 24.7 Å². The monoisotopic (exact) mass is 404 g/mol. The van der Waals surface area contributed by atoms with E-state index in [-0.39, 0.29) is 29.3 Å². The van der Waals surface area contributed by atoms with Crippen molar-refractivity contribution in [3.63, 3.8) is 0 Å². The molecule has 0 saturated carbocycles. The molecule has 1 fully saturated rings. The Kier molecular flexibility index (Phi) is 6.25. The number of aromatic nitrogens is 2. The average Bonchev–Trinajstić information content (AvgIpc) is 2.68. The lowest BCUT2D eigenvalue weighted by molar-refractivity contribution is -0.384. The number of nitrogens with one attached hydrogen (secondary N) is 2. The van der Waals surface area contributed by atoms with Gasteiger partial charge in [-0.2, -0.15) is 4.98 Å². The first kappa shape index (κ1) is 19.8. The normalized spacial score (nSPS) is 16.5. The Labute approximate surface area is 167 Å². The molecule has 10 heteroatoms. The van der Waals surface area contributed by atoms with Crippen LogP contribution in [0.25, 0.3) is 0 Å². The number of anilines is 3. The lowest BCUT2D eigenvalue weighted by atomic mass is 9.98. The van der Waals surface area contributed by atoms with E-state index in [1.54, 1.807) is 24.3 Å². The lowest BCUT2D eigenvalue weighted by Crippen LogP contribution is -2.41. The molecule has 9 nitrogen and oxygen atoms in total. The first-order chi connectivity index (χ1) is 13.4. The zero-order valence-electron chi connectivity index (χ0n) is 15.4. The van der Waals surface area contributed by atoms with Crippen LogP contribution >= 0.6 is 11.6 Å². The first-order valence-electron chi connectivity index (χ1n) is 8.96. The summed E-state index contributed by atoms with van der Waals surface area (Å²) in [6.45, 7) is 3.26. The fourth-order valence-electron chi connectivity index (χ4n) is 3.16. The highest BCUT2D eigenvalue weighted by Crippen LogP contribution is 2.30. The van der Waals surface area contributed by atoms with E-state index < -0.39 is 4.92 Å². The van der Waals surface area contributed by atoms with Crippen LogP contribution in [-0.2, 0) is 4.79 Å². The van der Waals surface area contributed by atoms with Crippen LogP contribution in [-0.4, -0.2) is 40.4 Å². The van der Waals surface area contributed by atoms with E-state index in [1.807, 2.05) is 4.90 Å². The minimum Gasteiger partial charge on any atom is -0.356 e. The van der Waals surface area contributed by atoms with Crippen LogP contribution in [0.3, 0.4) is 0 Å². The molecule has 1 saturated heterocycles. The maximum absolute atomic E-state index is 11.5. The number of piperidine rings is 1. The van der Waals surface area contributed by atoms with Crippen molar-refractivity contribution in [2.45, 2.75) is 19.8 Å². The van der Waals surface area contributed by atoms with Crippen molar-refractivity contribution in [2.75, 3.05) is 29.9 Å². The van der Waals surface area contributed by atoms with Crippen molar-refractivity contribution in [3.8, 4) is 0 Å². The fraction of sp³-hybridized carbons (Fsp3) is 0.389. The highest BCUT2D eigenvalue weighted by atomic mass is 35.5. The van der Waals surface area contributed by atoms with E-state index >= 15 is 0 Å². The second kappa shape index (κ2) is 8.83. The Morgan fingerprint density at radius 1 is 1.39 bits per heavy atom. The van der Waals surface area contributed by atoms with E-state index in [0.717, 1.165) is 18.5 Å². The molecule has 1 atom stereocenters. The SMILES string of the molecule is CC(=O)NCC1CCCN(c2nc(Nc3ccc(Cl)cc3)ncc2[N+](=O)[O-])C1. The molecule has 1 aromatic heterocycles. The first-order valence-corrected chi connectivity index (χ1v) is 9.33. The van der Waals surface area contributed by atoms with Crippen molar-refractivity contribution in [2.24, 2.45) is 5.92 Å². The number of carbonyl (C=O) groups is 1. The smallest absolute Gasteiger partial charge is 0.329 e. The molecular formula is C18H21ClN6O3. The van der Waals surface area contributed by atoms with Gasteiger partial charge in [0.25, 0.3) is 0 Å². The van der Waals surface area contributed by atoms with Gasteiger partial charge in [-0.25, -0.2) is 4.98 Å². The van der Waals surface area contributed by atoms with Crippen LogP contribution < -0.4 is 15.5 Å². The molecular weight excluding hydrogens is 384 g/mol. The molecule has 1 unspecified atom stereocenters. The zero-order chi connectivity index (χ0) is 20.1. The molecule has 1 aromatic carbocycles. The summed E-state index contributed by atoms with van der Waals surface area (Å²) < 4.78 is 0. The number of benzene rings is 1. The molecule has 3 rings (SSSR count). The zero-order valence-corrected chi connectivity index (χ0v) is 16.1. The maximum atomic E-state index is 11.5. The Bertz CT molecular complexity index is 861. The molecule has 0 aliphatic carbocycles. The van der Waals surface area contributed by atoms with Gasteiger partial charge in [-0.3, -0.25) is 14.9 Å². The Hall–Kier alpha value is -2.94. The number of nitrogens with zero attached hydrogens (tertiary/aromatic N) is 4. The molecule has 1 amide bonds. The summed E-state index contributed by atoms with van der Waals surface area (Å²) in [4.78, 5) is 32.5. The van der Waals surface area contributed by atoms with E-state index in [1.165, 1.54) is 13.1 Å². The van der Waals surface area contributed by atoms with Gasteiger partial charge in [-0.05, 0) is 43.0 Å². The van der Waals surface area contributed by atoms with Crippen molar-refractivity contribution < 1.29 is 9.72 Å². The second-order valence-electron chi connectivity index (χ2n) is 6.68. The molecule has 2 N–H and O–H groups in total. The van der Waals surface area contributed by atoms with E-state index in [2.05, 4.69) is 20.6 Å². The highest BCUT2D eigenvalue weighted by Gasteiger charge is 2.28. The summed E-state index contributed by atoms with van der Waals surface area (Å²) in [7, 11) is 0. The predicted molar refractivity (Wildman–Crippen MR) is 107 cm³/mol. The second-order valence-corrected chi connectivity index (χ2v) is 7.12. The summed E-state index contributed by atoms with van der Waals surface area (Å²) in [5, 5.41) is 17.9. The molecule has 28 heavy (non-hydrogen) atoms. The summed E-state index contributed by atoms with van der Waals surface area (Å²) in [5.41, 5.74) is 0.591. The average molecular weight is 405 g/mol. The third-order valence-corrected chi connectivity index (χ3v) is 4.76. The molecule has 0 radical (unpaired) electrons.